The topological polar surface area (TPSA) is 57.5 Å². The van der Waals surface area contributed by atoms with Crippen LogP contribution in [0.2, 0.25) is 0 Å². The molecule has 0 bridgehead atoms. The second-order valence-electron chi connectivity index (χ2n) is 8.08. The van der Waals surface area contributed by atoms with Crippen molar-refractivity contribution < 1.29 is 58.9 Å². The summed E-state index contributed by atoms with van der Waals surface area (Å²) in [6, 6.07) is 16.9. The third-order valence-corrected chi connectivity index (χ3v) is 5.09. The molecule has 2 aromatic rings. The molecule has 2 rings (SSSR count). The van der Waals surface area contributed by atoms with Gasteiger partial charge >= 0.3 is 35.8 Å². The molecule has 0 atom stereocenters. The van der Waals surface area contributed by atoms with Gasteiger partial charge in [-0.25, -0.2) is 8.78 Å². The Morgan fingerprint density at radius 2 is 1.00 bits per heavy atom. The van der Waals surface area contributed by atoms with Crippen molar-refractivity contribution in [2.45, 2.75) is 68.5 Å². The van der Waals surface area contributed by atoms with E-state index in [-0.39, 0.29) is 25.7 Å². The van der Waals surface area contributed by atoms with Gasteiger partial charge in [0.25, 0.3) is 0 Å². The van der Waals surface area contributed by atoms with Gasteiger partial charge < -0.3 is 10.2 Å². The number of rotatable bonds is 10. The summed E-state index contributed by atoms with van der Waals surface area (Å²) < 4.78 is 124. The maximum Gasteiger partial charge on any atom is 0.456 e. The van der Waals surface area contributed by atoms with E-state index >= 15 is 0 Å². The van der Waals surface area contributed by atoms with E-state index in [1.807, 2.05) is 0 Å². The maximum atomic E-state index is 13.2. The maximum absolute atomic E-state index is 13.2. The monoisotopic (exact) mass is 550 g/mol. The predicted molar refractivity (Wildman–Crippen MR) is 113 cm³/mol. The van der Waals surface area contributed by atoms with E-state index < -0.39 is 48.6 Å². The fourth-order valence-electron chi connectivity index (χ4n) is 3.02. The van der Waals surface area contributed by atoms with Crippen molar-refractivity contribution in [3.8, 4) is 0 Å². The van der Waals surface area contributed by atoms with Crippen LogP contribution in [0.1, 0.15) is 36.8 Å². The molecule has 0 saturated heterocycles. The highest BCUT2D eigenvalue weighted by Gasteiger charge is 2.68. The number of carbonyl (C=O) groups is 1. The second kappa shape index (κ2) is 12.7. The number of halogens is 10. The van der Waals surface area contributed by atoms with E-state index in [1.54, 1.807) is 60.7 Å². The first-order chi connectivity index (χ1) is 16.8. The first kappa shape index (κ1) is 32.4. The summed E-state index contributed by atoms with van der Waals surface area (Å²) in [6.07, 6.45) is -13.8. The number of carbonyl (C=O) groups excluding carboxylic acids is 1. The number of aryl methyl sites for hydroxylation is 2. The zero-order valence-electron chi connectivity index (χ0n) is 19.1. The summed E-state index contributed by atoms with van der Waals surface area (Å²) in [5, 5.41) is 17.1. The third-order valence-electron chi connectivity index (χ3n) is 5.09. The molecule has 13 heteroatoms. The largest absolute Gasteiger partial charge is 0.456 e. The van der Waals surface area contributed by atoms with Crippen LogP contribution in [0.15, 0.2) is 60.7 Å². The van der Waals surface area contributed by atoms with Crippen LogP contribution in [0.3, 0.4) is 0 Å². The minimum absolute atomic E-state index is 0.129. The Labute approximate surface area is 205 Å². The predicted octanol–water partition coefficient (Wildman–Crippen LogP) is 6.66. The normalized spacial score (nSPS) is 13.1. The van der Waals surface area contributed by atoms with Gasteiger partial charge in [-0.2, -0.15) is 35.1 Å². The third kappa shape index (κ3) is 9.95. The van der Waals surface area contributed by atoms with Crippen LogP contribution in [0.5, 0.6) is 0 Å². The van der Waals surface area contributed by atoms with Gasteiger partial charge in [-0.05, 0) is 36.8 Å². The number of hydrogen-bond acceptors (Lipinski definition) is 3. The fourth-order valence-corrected chi connectivity index (χ4v) is 3.02. The van der Waals surface area contributed by atoms with Gasteiger partial charge in [-0.15, -0.1) is 0 Å². The van der Waals surface area contributed by atoms with Crippen molar-refractivity contribution in [1.82, 2.24) is 0 Å². The molecule has 0 heterocycles. The zero-order valence-corrected chi connectivity index (χ0v) is 19.1. The summed E-state index contributed by atoms with van der Waals surface area (Å²) >= 11 is 0. The lowest BCUT2D eigenvalue weighted by molar-refractivity contribution is -0.417. The SMILES string of the molecule is O=C(C(F)(F)F)C(F)(F)CCCc1ccccc1.OC(O)(C(F)(F)F)C(F)(F)CCCc1ccccc1. The fraction of sp³-hybridized carbons (Fsp3) is 0.458. The smallest absolute Gasteiger partial charge is 0.354 e. The summed E-state index contributed by atoms with van der Waals surface area (Å²) in [4.78, 5) is 10.5. The highest BCUT2D eigenvalue weighted by atomic mass is 19.4. The number of benzene rings is 2. The average molecular weight is 550 g/mol. The van der Waals surface area contributed by atoms with Crippen LogP contribution < -0.4 is 0 Å². The first-order valence-electron chi connectivity index (χ1n) is 10.8. The molecule has 2 aromatic carbocycles. The molecular formula is C24H24F10O3. The van der Waals surface area contributed by atoms with Gasteiger partial charge in [0.2, 0.25) is 0 Å². The molecule has 0 aromatic heterocycles. The Bertz CT molecular complexity index is 956. The highest BCUT2D eigenvalue weighted by Crippen LogP contribution is 2.42. The molecule has 208 valence electrons. The van der Waals surface area contributed by atoms with Crippen molar-refractivity contribution in [3.05, 3.63) is 71.8 Å². The molecule has 0 aliphatic heterocycles. The molecule has 0 saturated carbocycles. The van der Waals surface area contributed by atoms with E-state index in [4.69, 9.17) is 10.2 Å². The number of alkyl halides is 10. The molecule has 0 amide bonds. The van der Waals surface area contributed by atoms with E-state index in [2.05, 4.69) is 0 Å². The van der Waals surface area contributed by atoms with E-state index in [1.165, 1.54) is 0 Å². The zero-order chi connectivity index (χ0) is 28.5. The average Bonchev–Trinajstić information content (AvgIpc) is 2.79. The summed E-state index contributed by atoms with van der Waals surface area (Å²) in [5.74, 6) is -17.0. The van der Waals surface area contributed by atoms with Gasteiger partial charge in [-0.3, -0.25) is 4.79 Å². The second-order valence-corrected chi connectivity index (χ2v) is 8.08. The standard InChI is InChI=1S/C12H13F5O2.C12H11F5O/c13-10(14,11(18,19)12(15,16)17)8-4-7-9-5-2-1-3-6-9;13-11(14,10(18)12(15,16)17)8-4-7-9-5-2-1-3-6-9/h1-3,5-6,18-19H,4,7-8H2;1-3,5-6H,4,7-8H2. The number of Topliss-reactive ketones (excluding diaryl/α,β-unsaturated/α-hetero) is 1. The van der Waals surface area contributed by atoms with Gasteiger partial charge in [0.05, 0.1) is 0 Å². The number of ketones is 1. The Hall–Kier alpha value is -2.67. The first-order valence-corrected chi connectivity index (χ1v) is 10.8. The Balaban J connectivity index is 0.000000371. The molecule has 2 N–H and O–H groups in total. The lowest BCUT2D eigenvalue weighted by atomic mass is 10.00. The van der Waals surface area contributed by atoms with E-state index in [9.17, 15) is 48.7 Å². The van der Waals surface area contributed by atoms with E-state index in [0.717, 1.165) is 5.56 Å². The number of aliphatic hydroxyl groups is 2. The summed E-state index contributed by atoms with van der Waals surface area (Å²) in [5.41, 5.74) is 1.43. The molecular weight excluding hydrogens is 526 g/mol. The molecule has 0 unspecified atom stereocenters. The van der Waals surface area contributed by atoms with Gasteiger partial charge in [0.15, 0.2) is 0 Å². The van der Waals surface area contributed by atoms with Gasteiger partial charge in [-0.1, -0.05) is 60.7 Å². The van der Waals surface area contributed by atoms with Gasteiger partial charge in [0, 0.05) is 12.8 Å². The highest BCUT2D eigenvalue weighted by molar-refractivity contribution is 5.90. The van der Waals surface area contributed by atoms with Crippen LogP contribution in [0, 0.1) is 0 Å². The van der Waals surface area contributed by atoms with Crippen LogP contribution in [-0.4, -0.2) is 46.0 Å². The minimum Gasteiger partial charge on any atom is -0.354 e. The van der Waals surface area contributed by atoms with Crippen molar-refractivity contribution in [2.24, 2.45) is 0 Å². The van der Waals surface area contributed by atoms with Crippen LogP contribution >= 0.6 is 0 Å². The van der Waals surface area contributed by atoms with Crippen LogP contribution in [-0.2, 0) is 17.6 Å². The Morgan fingerprint density at radius 3 is 1.35 bits per heavy atom. The molecule has 37 heavy (non-hydrogen) atoms. The Kier molecular flexibility index (Phi) is 11.1. The van der Waals surface area contributed by atoms with Gasteiger partial charge in [0.1, 0.15) is 0 Å². The summed E-state index contributed by atoms with van der Waals surface area (Å²) in [6.45, 7) is 0. The molecule has 0 aliphatic rings. The molecule has 0 radical (unpaired) electrons. The van der Waals surface area contributed by atoms with Crippen molar-refractivity contribution in [1.29, 1.82) is 0 Å². The van der Waals surface area contributed by atoms with Crippen molar-refractivity contribution in [2.75, 3.05) is 0 Å². The quantitative estimate of drug-likeness (QED) is 0.257. The minimum atomic E-state index is -5.80. The summed E-state index contributed by atoms with van der Waals surface area (Å²) in [7, 11) is 0. The molecule has 0 spiro atoms. The van der Waals surface area contributed by atoms with Crippen molar-refractivity contribution >= 4 is 5.78 Å². The molecule has 0 aliphatic carbocycles. The lowest BCUT2D eigenvalue weighted by Gasteiger charge is -2.32. The Morgan fingerprint density at radius 1 is 0.622 bits per heavy atom. The van der Waals surface area contributed by atoms with Crippen LogP contribution in [0.25, 0.3) is 0 Å². The van der Waals surface area contributed by atoms with Crippen molar-refractivity contribution in [3.63, 3.8) is 0 Å². The lowest BCUT2D eigenvalue weighted by Crippen LogP contribution is -2.58. The number of hydrogen-bond donors (Lipinski definition) is 2. The van der Waals surface area contributed by atoms with E-state index in [0.29, 0.717) is 5.56 Å². The molecule has 0 fully saturated rings. The molecule has 3 nitrogen and oxygen atoms in total. The van der Waals surface area contributed by atoms with Crippen LogP contribution in [0.4, 0.5) is 43.9 Å².